The number of aryl methyl sites for hydroxylation is 1. The van der Waals surface area contributed by atoms with E-state index in [1.54, 1.807) is 24.3 Å². The van der Waals surface area contributed by atoms with Gasteiger partial charge >= 0.3 is 5.97 Å². The Bertz CT molecular complexity index is 859. The van der Waals surface area contributed by atoms with Crippen molar-refractivity contribution in [2.45, 2.75) is 39.5 Å². The molecule has 0 saturated carbocycles. The fourth-order valence-electron chi connectivity index (χ4n) is 2.68. The first-order valence-corrected chi connectivity index (χ1v) is 8.82. The maximum Gasteiger partial charge on any atom is 0.303 e. The molecule has 0 aliphatic heterocycles. The number of benzene rings is 1. The van der Waals surface area contributed by atoms with Gasteiger partial charge in [0.1, 0.15) is 11.3 Å². The first kappa shape index (κ1) is 20.2. The van der Waals surface area contributed by atoms with E-state index < -0.39 is 17.4 Å². The minimum atomic E-state index is -0.861. The molecule has 2 rings (SSSR count). The predicted molar refractivity (Wildman–Crippen MR) is 100 cm³/mol. The largest absolute Gasteiger partial charge is 0.494 e. The lowest BCUT2D eigenvalue weighted by atomic mass is 10.0. The summed E-state index contributed by atoms with van der Waals surface area (Å²) in [4.78, 5) is 35.2. The monoisotopic (exact) mass is 373 g/mol. The zero-order valence-electron chi connectivity index (χ0n) is 15.4. The Balaban J connectivity index is 2.06. The number of aromatic nitrogens is 2. The van der Waals surface area contributed by atoms with Crippen molar-refractivity contribution in [2.24, 2.45) is 0 Å². The number of aromatic amines is 1. The molecular weight excluding hydrogens is 350 g/mol. The molecule has 0 fully saturated rings. The SMILES string of the molecule is CCc1n[nH]c(=O)c(C(=O)Nc2ccc(OCCCC(=O)O)cc2)c1CC. The van der Waals surface area contributed by atoms with Crippen LogP contribution in [-0.2, 0) is 17.6 Å². The minimum Gasteiger partial charge on any atom is -0.494 e. The molecule has 0 bridgehead atoms. The topological polar surface area (TPSA) is 121 Å². The molecule has 2 aromatic rings. The number of H-pyrrole nitrogens is 1. The van der Waals surface area contributed by atoms with E-state index in [9.17, 15) is 14.4 Å². The summed E-state index contributed by atoms with van der Waals surface area (Å²) < 4.78 is 5.45. The molecule has 0 atom stereocenters. The summed E-state index contributed by atoms with van der Waals surface area (Å²) in [6.07, 6.45) is 1.62. The number of ether oxygens (including phenoxy) is 1. The number of amides is 1. The standard InChI is InChI=1S/C19H23N3O5/c1-3-14-15(4-2)21-22-19(26)17(14)18(25)20-12-7-9-13(10-8-12)27-11-5-6-16(23)24/h7-10H,3-6,11H2,1-2H3,(H,20,25)(H,22,26)(H,23,24). The number of hydrogen-bond acceptors (Lipinski definition) is 5. The predicted octanol–water partition coefficient (Wildman–Crippen LogP) is 2.39. The van der Waals surface area contributed by atoms with Crippen LogP contribution in [0.4, 0.5) is 5.69 Å². The van der Waals surface area contributed by atoms with Gasteiger partial charge in [-0.25, -0.2) is 5.10 Å². The quantitative estimate of drug-likeness (QED) is 0.580. The zero-order valence-corrected chi connectivity index (χ0v) is 15.4. The molecule has 0 spiro atoms. The van der Waals surface area contributed by atoms with Crippen molar-refractivity contribution in [3.8, 4) is 5.75 Å². The molecule has 8 nitrogen and oxygen atoms in total. The van der Waals surface area contributed by atoms with E-state index in [4.69, 9.17) is 9.84 Å². The number of carbonyl (C=O) groups excluding carboxylic acids is 1. The molecule has 1 heterocycles. The minimum absolute atomic E-state index is 0.0497. The number of hydrogen-bond donors (Lipinski definition) is 3. The van der Waals surface area contributed by atoms with Crippen LogP contribution in [0.5, 0.6) is 5.75 Å². The van der Waals surface area contributed by atoms with Crippen LogP contribution in [0.25, 0.3) is 0 Å². The average Bonchev–Trinajstić information content (AvgIpc) is 2.65. The number of rotatable bonds is 9. The van der Waals surface area contributed by atoms with Crippen molar-refractivity contribution in [1.82, 2.24) is 10.2 Å². The molecule has 144 valence electrons. The lowest BCUT2D eigenvalue weighted by Gasteiger charge is -2.11. The Morgan fingerprint density at radius 2 is 1.89 bits per heavy atom. The molecule has 1 amide bonds. The second kappa shape index (κ2) is 9.51. The number of nitrogens with zero attached hydrogens (tertiary/aromatic N) is 1. The molecular formula is C19H23N3O5. The Hall–Kier alpha value is -3.16. The van der Waals surface area contributed by atoms with Gasteiger partial charge in [-0.3, -0.25) is 14.4 Å². The summed E-state index contributed by atoms with van der Waals surface area (Å²) in [5.74, 6) is -0.775. The number of aliphatic carboxylic acids is 1. The molecule has 1 aromatic carbocycles. The van der Waals surface area contributed by atoms with Crippen molar-refractivity contribution >= 4 is 17.6 Å². The maximum absolute atomic E-state index is 12.6. The van der Waals surface area contributed by atoms with Gasteiger partial charge in [0, 0.05) is 12.1 Å². The summed E-state index contributed by atoms with van der Waals surface area (Å²) in [7, 11) is 0. The van der Waals surface area contributed by atoms with Gasteiger partial charge in [0.2, 0.25) is 0 Å². The van der Waals surface area contributed by atoms with Crippen molar-refractivity contribution in [3.63, 3.8) is 0 Å². The molecule has 1 aromatic heterocycles. The lowest BCUT2D eigenvalue weighted by molar-refractivity contribution is -0.137. The van der Waals surface area contributed by atoms with Gasteiger partial charge in [0.25, 0.3) is 11.5 Å². The van der Waals surface area contributed by atoms with Crippen LogP contribution in [0.15, 0.2) is 29.1 Å². The molecule has 0 unspecified atom stereocenters. The first-order chi connectivity index (χ1) is 13.0. The van der Waals surface area contributed by atoms with Crippen LogP contribution in [-0.4, -0.2) is 33.8 Å². The number of anilines is 1. The second-order valence-corrected chi connectivity index (χ2v) is 5.88. The smallest absolute Gasteiger partial charge is 0.303 e. The molecule has 0 aliphatic carbocycles. The summed E-state index contributed by atoms with van der Waals surface area (Å²) in [5.41, 5.74) is 1.44. The molecule has 3 N–H and O–H groups in total. The lowest BCUT2D eigenvalue weighted by Crippen LogP contribution is -2.27. The van der Waals surface area contributed by atoms with Gasteiger partial charge < -0.3 is 15.2 Å². The third kappa shape index (κ3) is 5.40. The van der Waals surface area contributed by atoms with Gasteiger partial charge in [-0.15, -0.1) is 0 Å². The van der Waals surface area contributed by atoms with E-state index in [1.165, 1.54) is 0 Å². The highest BCUT2D eigenvalue weighted by molar-refractivity contribution is 6.05. The van der Waals surface area contributed by atoms with E-state index in [0.29, 0.717) is 48.6 Å². The molecule has 27 heavy (non-hydrogen) atoms. The number of carboxylic acids is 1. The van der Waals surface area contributed by atoms with Crippen LogP contribution in [0.3, 0.4) is 0 Å². The highest BCUT2D eigenvalue weighted by atomic mass is 16.5. The van der Waals surface area contributed by atoms with E-state index in [2.05, 4.69) is 15.5 Å². The van der Waals surface area contributed by atoms with Crippen molar-refractivity contribution in [3.05, 3.63) is 51.4 Å². The molecule has 0 radical (unpaired) electrons. The number of carboxylic acid groups (broad SMARTS) is 1. The van der Waals surface area contributed by atoms with Crippen molar-refractivity contribution in [1.29, 1.82) is 0 Å². The molecule has 0 aliphatic rings. The fourth-order valence-corrected chi connectivity index (χ4v) is 2.68. The first-order valence-electron chi connectivity index (χ1n) is 8.82. The van der Waals surface area contributed by atoms with E-state index in [0.717, 1.165) is 0 Å². The number of nitrogens with one attached hydrogen (secondary N) is 2. The zero-order chi connectivity index (χ0) is 19.8. The third-order valence-corrected chi connectivity index (χ3v) is 4.00. The van der Waals surface area contributed by atoms with Crippen LogP contribution in [0.1, 0.15) is 48.3 Å². The Kier molecular flexibility index (Phi) is 7.10. The van der Waals surface area contributed by atoms with Gasteiger partial charge in [0.15, 0.2) is 0 Å². The maximum atomic E-state index is 12.6. The molecule has 0 saturated heterocycles. The Labute approximate surface area is 156 Å². The fraction of sp³-hybridized carbons (Fsp3) is 0.368. The van der Waals surface area contributed by atoms with E-state index in [1.807, 2.05) is 13.8 Å². The number of carbonyl (C=O) groups is 2. The highest BCUT2D eigenvalue weighted by Crippen LogP contribution is 2.18. The average molecular weight is 373 g/mol. The Morgan fingerprint density at radius 3 is 2.48 bits per heavy atom. The Morgan fingerprint density at radius 1 is 1.19 bits per heavy atom. The second-order valence-electron chi connectivity index (χ2n) is 5.88. The summed E-state index contributed by atoms with van der Waals surface area (Å²) >= 11 is 0. The van der Waals surface area contributed by atoms with Crippen molar-refractivity contribution < 1.29 is 19.4 Å². The van der Waals surface area contributed by atoms with E-state index >= 15 is 0 Å². The van der Waals surface area contributed by atoms with Gasteiger partial charge in [-0.05, 0) is 49.1 Å². The normalized spacial score (nSPS) is 10.4. The third-order valence-electron chi connectivity index (χ3n) is 4.00. The van der Waals surface area contributed by atoms with Gasteiger partial charge in [0.05, 0.1) is 12.3 Å². The van der Waals surface area contributed by atoms with Crippen LogP contribution in [0.2, 0.25) is 0 Å². The summed E-state index contributed by atoms with van der Waals surface area (Å²) in [6, 6.07) is 6.66. The van der Waals surface area contributed by atoms with Crippen molar-refractivity contribution in [2.75, 3.05) is 11.9 Å². The van der Waals surface area contributed by atoms with E-state index in [-0.39, 0.29) is 12.0 Å². The van der Waals surface area contributed by atoms with Crippen LogP contribution >= 0.6 is 0 Å². The van der Waals surface area contributed by atoms with Gasteiger partial charge in [-0.2, -0.15) is 5.10 Å². The summed E-state index contributed by atoms with van der Waals surface area (Å²) in [5, 5.41) is 17.7. The summed E-state index contributed by atoms with van der Waals surface area (Å²) in [6.45, 7) is 4.09. The molecule has 8 heteroatoms. The van der Waals surface area contributed by atoms with Gasteiger partial charge in [-0.1, -0.05) is 13.8 Å². The highest BCUT2D eigenvalue weighted by Gasteiger charge is 2.19. The van der Waals surface area contributed by atoms with Crippen LogP contribution in [0, 0.1) is 0 Å². The van der Waals surface area contributed by atoms with Crippen LogP contribution < -0.4 is 15.6 Å².